The van der Waals surface area contributed by atoms with Gasteiger partial charge in [0.15, 0.2) is 0 Å². The lowest BCUT2D eigenvalue weighted by Gasteiger charge is -2.33. The van der Waals surface area contributed by atoms with Crippen molar-refractivity contribution in [2.45, 2.75) is 32.6 Å². The topological polar surface area (TPSA) is 23.6 Å². The van der Waals surface area contributed by atoms with Gasteiger partial charge in [-0.1, -0.05) is 19.9 Å². The zero-order valence-electron chi connectivity index (χ0n) is 11.3. The third kappa shape index (κ3) is 4.90. The summed E-state index contributed by atoms with van der Waals surface area (Å²) in [6, 6.07) is 0. The fourth-order valence-corrected chi connectivity index (χ4v) is 2.43. The second kappa shape index (κ2) is 7.49. The number of nitrogens with zero attached hydrogens (tertiary/aromatic N) is 2. The van der Waals surface area contributed by atoms with Crippen LogP contribution in [0.15, 0.2) is 12.7 Å². The molecule has 0 atom stereocenters. The molecule has 0 radical (unpaired) electrons. The van der Waals surface area contributed by atoms with Gasteiger partial charge in [-0.2, -0.15) is 0 Å². The summed E-state index contributed by atoms with van der Waals surface area (Å²) in [7, 11) is 2.21. The Morgan fingerprint density at radius 3 is 2.65 bits per heavy atom. The fraction of sp³-hybridized carbons (Fsp3) is 0.786. The largest absolute Gasteiger partial charge is 0.339 e. The number of rotatable bonds is 6. The molecule has 0 aromatic heterocycles. The van der Waals surface area contributed by atoms with Gasteiger partial charge in [0.25, 0.3) is 0 Å². The quantitative estimate of drug-likeness (QED) is 0.662. The van der Waals surface area contributed by atoms with Crippen molar-refractivity contribution in [1.29, 1.82) is 0 Å². The van der Waals surface area contributed by atoms with Gasteiger partial charge in [0, 0.05) is 19.6 Å². The first-order valence-corrected chi connectivity index (χ1v) is 6.77. The smallest absolute Gasteiger partial charge is 0.245 e. The molecule has 1 aliphatic heterocycles. The van der Waals surface area contributed by atoms with E-state index in [0.717, 1.165) is 31.8 Å². The number of amides is 1. The number of piperidine rings is 1. The molecule has 0 aliphatic carbocycles. The van der Waals surface area contributed by atoms with E-state index >= 15 is 0 Å². The highest BCUT2D eigenvalue weighted by Gasteiger charge is 2.21. The van der Waals surface area contributed by atoms with Gasteiger partial charge in [-0.05, 0) is 44.8 Å². The molecule has 0 unspecified atom stereocenters. The highest BCUT2D eigenvalue weighted by molar-refractivity contribution is 5.87. The van der Waals surface area contributed by atoms with Crippen LogP contribution in [0.25, 0.3) is 0 Å². The number of carbonyl (C=O) groups is 1. The van der Waals surface area contributed by atoms with Gasteiger partial charge >= 0.3 is 0 Å². The molecular formula is C14H26N2O. The normalized spacial score (nSPS) is 17.5. The summed E-state index contributed by atoms with van der Waals surface area (Å²) in [5, 5.41) is 0. The van der Waals surface area contributed by atoms with Crippen molar-refractivity contribution >= 4 is 5.91 Å². The van der Waals surface area contributed by atoms with Crippen molar-refractivity contribution < 1.29 is 4.79 Å². The van der Waals surface area contributed by atoms with E-state index in [0.29, 0.717) is 0 Å². The van der Waals surface area contributed by atoms with Crippen molar-refractivity contribution in [3.05, 3.63) is 12.7 Å². The van der Waals surface area contributed by atoms with Crippen LogP contribution >= 0.6 is 0 Å². The van der Waals surface area contributed by atoms with Gasteiger partial charge in [0.2, 0.25) is 5.91 Å². The van der Waals surface area contributed by atoms with Gasteiger partial charge in [-0.15, -0.1) is 0 Å². The maximum Gasteiger partial charge on any atom is 0.245 e. The zero-order valence-corrected chi connectivity index (χ0v) is 11.3. The number of carbonyl (C=O) groups excluding carboxylic acids is 1. The first kappa shape index (κ1) is 14.2. The summed E-state index contributed by atoms with van der Waals surface area (Å²) < 4.78 is 0. The van der Waals surface area contributed by atoms with E-state index in [2.05, 4.69) is 25.5 Å². The summed E-state index contributed by atoms with van der Waals surface area (Å²) in [6.45, 7) is 9.94. The fourth-order valence-electron chi connectivity index (χ4n) is 2.43. The summed E-state index contributed by atoms with van der Waals surface area (Å²) in [4.78, 5) is 15.8. The molecule has 0 saturated carbocycles. The Morgan fingerprint density at radius 1 is 1.47 bits per heavy atom. The van der Waals surface area contributed by atoms with E-state index in [1.807, 2.05) is 4.90 Å². The Kier molecular flexibility index (Phi) is 6.27. The Labute approximate surface area is 105 Å². The lowest BCUT2D eigenvalue weighted by atomic mass is 9.96. The molecule has 1 saturated heterocycles. The Balaban J connectivity index is 2.22. The van der Waals surface area contributed by atoms with Crippen molar-refractivity contribution in [2.75, 3.05) is 33.2 Å². The molecule has 0 N–H and O–H groups in total. The molecule has 3 nitrogen and oxygen atoms in total. The number of hydrogen-bond acceptors (Lipinski definition) is 2. The van der Waals surface area contributed by atoms with Crippen molar-refractivity contribution in [1.82, 2.24) is 9.80 Å². The van der Waals surface area contributed by atoms with Gasteiger partial charge in [-0.3, -0.25) is 4.79 Å². The summed E-state index contributed by atoms with van der Waals surface area (Å²) in [5.74, 6) is 0.841. The predicted octanol–water partition coefficient (Wildman–Crippen LogP) is 2.14. The lowest BCUT2D eigenvalue weighted by Crippen LogP contribution is -2.40. The molecule has 1 heterocycles. The second-order valence-corrected chi connectivity index (χ2v) is 5.09. The molecule has 1 rings (SSSR count). The van der Waals surface area contributed by atoms with Crippen LogP contribution in [-0.4, -0.2) is 48.9 Å². The minimum atomic E-state index is 0.0859. The summed E-state index contributed by atoms with van der Waals surface area (Å²) in [6.07, 6.45) is 6.24. The van der Waals surface area contributed by atoms with Crippen LogP contribution in [0.5, 0.6) is 0 Å². The van der Waals surface area contributed by atoms with Gasteiger partial charge < -0.3 is 9.80 Å². The molecule has 0 bridgehead atoms. The van der Waals surface area contributed by atoms with Crippen molar-refractivity contribution in [3.63, 3.8) is 0 Å². The second-order valence-electron chi connectivity index (χ2n) is 5.09. The van der Waals surface area contributed by atoms with E-state index in [4.69, 9.17) is 0 Å². The van der Waals surface area contributed by atoms with Crippen LogP contribution < -0.4 is 0 Å². The van der Waals surface area contributed by atoms with Crippen LogP contribution in [-0.2, 0) is 4.79 Å². The summed E-state index contributed by atoms with van der Waals surface area (Å²) >= 11 is 0. The molecule has 1 fully saturated rings. The molecule has 0 spiro atoms. The first-order chi connectivity index (χ1) is 8.17. The van der Waals surface area contributed by atoms with E-state index in [-0.39, 0.29) is 5.91 Å². The molecule has 98 valence electrons. The van der Waals surface area contributed by atoms with Crippen LogP contribution in [0.1, 0.15) is 32.6 Å². The minimum absolute atomic E-state index is 0.0859. The Hall–Kier alpha value is -0.830. The van der Waals surface area contributed by atoms with Crippen LogP contribution in [0.2, 0.25) is 0 Å². The van der Waals surface area contributed by atoms with E-state index in [1.54, 1.807) is 0 Å². The van der Waals surface area contributed by atoms with E-state index in [9.17, 15) is 4.79 Å². The first-order valence-electron chi connectivity index (χ1n) is 6.77. The Bertz CT molecular complexity index is 245. The highest BCUT2D eigenvalue weighted by Crippen LogP contribution is 2.18. The third-order valence-corrected chi connectivity index (χ3v) is 3.56. The van der Waals surface area contributed by atoms with E-state index in [1.165, 1.54) is 32.0 Å². The average Bonchev–Trinajstić information content (AvgIpc) is 2.36. The molecule has 0 aromatic carbocycles. The van der Waals surface area contributed by atoms with Crippen molar-refractivity contribution in [2.24, 2.45) is 5.92 Å². The molecule has 0 aromatic rings. The third-order valence-electron chi connectivity index (χ3n) is 3.56. The highest BCUT2D eigenvalue weighted by atomic mass is 16.2. The maximum atomic E-state index is 11.4. The number of likely N-dealkylation sites (tertiary alicyclic amines) is 1. The maximum absolute atomic E-state index is 11.4. The predicted molar refractivity (Wildman–Crippen MR) is 71.9 cm³/mol. The Morgan fingerprint density at radius 2 is 2.12 bits per heavy atom. The SMILES string of the molecule is C=CC(=O)N1CCC(CN(C)CCCC)CC1. The number of unbranched alkanes of at least 4 members (excludes halogenated alkanes) is 1. The van der Waals surface area contributed by atoms with Gasteiger partial charge in [0.05, 0.1) is 0 Å². The lowest BCUT2D eigenvalue weighted by molar-refractivity contribution is -0.127. The van der Waals surface area contributed by atoms with E-state index < -0.39 is 0 Å². The van der Waals surface area contributed by atoms with Crippen LogP contribution in [0.3, 0.4) is 0 Å². The molecular weight excluding hydrogens is 212 g/mol. The minimum Gasteiger partial charge on any atom is -0.339 e. The van der Waals surface area contributed by atoms with Crippen molar-refractivity contribution in [3.8, 4) is 0 Å². The zero-order chi connectivity index (χ0) is 12.7. The monoisotopic (exact) mass is 238 g/mol. The van der Waals surface area contributed by atoms with Gasteiger partial charge in [-0.25, -0.2) is 0 Å². The van der Waals surface area contributed by atoms with Crippen LogP contribution in [0.4, 0.5) is 0 Å². The molecule has 1 aliphatic rings. The molecule has 17 heavy (non-hydrogen) atoms. The van der Waals surface area contributed by atoms with Gasteiger partial charge in [0.1, 0.15) is 0 Å². The van der Waals surface area contributed by atoms with Crippen LogP contribution in [0, 0.1) is 5.92 Å². The molecule has 1 amide bonds. The number of hydrogen-bond donors (Lipinski definition) is 0. The molecule has 3 heteroatoms. The standard InChI is InChI=1S/C14H26N2O/c1-4-6-9-15(3)12-13-7-10-16(11-8-13)14(17)5-2/h5,13H,2,4,6-12H2,1,3H3. The summed E-state index contributed by atoms with van der Waals surface area (Å²) in [5.41, 5.74) is 0. The average molecular weight is 238 g/mol.